The van der Waals surface area contributed by atoms with E-state index in [9.17, 15) is 14.8 Å². The lowest BCUT2D eigenvalue weighted by Crippen LogP contribution is -2.53. The Hall–Kier alpha value is -1.26. The molecule has 8 atom stereocenters. The zero-order valence-electron chi connectivity index (χ0n) is 21.4. The normalized spacial score (nSPS) is 41.0. The van der Waals surface area contributed by atoms with Gasteiger partial charge in [0.1, 0.15) is 5.60 Å². The Kier molecular flexibility index (Phi) is 6.59. The number of rotatable bonds is 7. The van der Waals surface area contributed by atoms with Crippen molar-refractivity contribution in [3.8, 4) is 0 Å². The highest BCUT2D eigenvalue weighted by molar-refractivity contribution is 6.05. The number of ketones is 2. The van der Waals surface area contributed by atoms with E-state index in [1.54, 1.807) is 12.2 Å². The van der Waals surface area contributed by atoms with Crippen molar-refractivity contribution < 1.29 is 19.7 Å². The van der Waals surface area contributed by atoms with Crippen LogP contribution in [0.25, 0.3) is 0 Å². The van der Waals surface area contributed by atoms with Gasteiger partial charge in [-0.05, 0) is 97.4 Å². The first-order valence-corrected chi connectivity index (χ1v) is 13.3. The van der Waals surface area contributed by atoms with Crippen LogP contribution in [-0.4, -0.2) is 22.4 Å². The highest BCUT2D eigenvalue weighted by Gasteiger charge is 2.61. The topological polar surface area (TPSA) is 63.6 Å². The predicted octanol–water partition coefficient (Wildman–Crippen LogP) is 6.80. The van der Waals surface area contributed by atoms with Crippen LogP contribution in [0.1, 0.15) is 92.4 Å². The maximum Gasteiger partial charge on any atom is 0.159 e. The number of Topliss-reactive ketones (excluding diaryl/α,β-unsaturated/α-hetero) is 1. The fourth-order valence-corrected chi connectivity index (χ4v) is 8.83. The van der Waals surface area contributed by atoms with E-state index in [4.69, 9.17) is 4.89 Å². The molecule has 4 heteroatoms. The molecule has 0 heterocycles. The van der Waals surface area contributed by atoms with E-state index in [0.29, 0.717) is 42.4 Å². The van der Waals surface area contributed by atoms with Gasteiger partial charge < -0.3 is 0 Å². The molecule has 3 saturated carbocycles. The van der Waals surface area contributed by atoms with Crippen molar-refractivity contribution in [2.24, 2.45) is 46.3 Å². The van der Waals surface area contributed by atoms with E-state index >= 15 is 0 Å². The largest absolute Gasteiger partial charge is 0.295 e. The molecule has 0 aromatic rings. The quantitative estimate of drug-likeness (QED) is 0.260. The number of fused-ring (bicyclic) bond motifs is 5. The van der Waals surface area contributed by atoms with Crippen LogP contribution in [0.4, 0.5) is 0 Å². The highest BCUT2D eigenvalue weighted by Crippen LogP contribution is 2.67. The maximum absolute atomic E-state index is 13.2. The first-order valence-electron chi connectivity index (χ1n) is 13.3. The van der Waals surface area contributed by atoms with Crippen LogP contribution in [0.15, 0.2) is 24.3 Å². The second-order valence-corrected chi connectivity index (χ2v) is 12.6. The summed E-state index contributed by atoms with van der Waals surface area (Å²) in [5.41, 5.74) is 0.302. The zero-order valence-corrected chi connectivity index (χ0v) is 21.4. The molecule has 0 aliphatic heterocycles. The van der Waals surface area contributed by atoms with Crippen LogP contribution in [0.5, 0.6) is 0 Å². The molecule has 0 aromatic carbocycles. The van der Waals surface area contributed by atoms with E-state index in [1.807, 2.05) is 0 Å². The van der Waals surface area contributed by atoms with Gasteiger partial charge in [0, 0.05) is 18.4 Å². The van der Waals surface area contributed by atoms with Crippen LogP contribution >= 0.6 is 0 Å². The first-order chi connectivity index (χ1) is 15.5. The van der Waals surface area contributed by atoms with Gasteiger partial charge in [0.25, 0.3) is 0 Å². The van der Waals surface area contributed by atoms with E-state index in [1.165, 1.54) is 25.7 Å². The van der Waals surface area contributed by atoms with Crippen LogP contribution in [0.2, 0.25) is 0 Å². The minimum absolute atomic E-state index is 0.113. The second-order valence-electron chi connectivity index (χ2n) is 12.6. The number of hydrogen-bond donors (Lipinski definition) is 1. The van der Waals surface area contributed by atoms with Crippen molar-refractivity contribution in [2.75, 3.05) is 0 Å². The summed E-state index contributed by atoms with van der Waals surface area (Å²) in [5.74, 6) is 3.26. The summed E-state index contributed by atoms with van der Waals surface area (Å²) < 4.78 is 0. The Morgan fingerprint density at radius 3 is 2.55 bits per heavy atom. The van der Waals surface area contributed by atoms with E-state index in [2.05, 4.69) is 41.2 Å². The first kappa shape index (κ1) is 24.9. The molecule has 3 fully saturated rings. The smallest absolute Gasteiger partial charge is 0.159 e. The van der Waals surface area contributed by atoms with Gasteiger partial charge in [-0.1, -0.05) is 40.7 Å². The third-order valence-corrected chi connectivity index (χ3v) is 11.0. The molecule has 0 bridgehead atoms. The van der Waals surface area contributed by atoms with Crippen molar-refractivity contribution in [1.29, 1.82) is 0 Å². The monoisotopic (exact) mass is 456 g/mol. The average molecular weight is 457 g/mol. The molecule has 0 saturated heterocycles. The summed E-state index contributed by atoms with van der Waals surface area (Å²) in [6.07, 6.45) is 12.1. The van der Waals surface area contributed by atoms with Crippen molar-refractivity contribution in [3.05, 3.63) is 24.3 Å². The number of carbonyl (C=O) groups excluding carboxylic acids is 2. The Morgan fingerprint density at radius 2 is 1.91 bits per heavy atom. The van der Waals surface area contributed by atoms with Gasteiger partial charge in [0.2, 0.25) is 0 Å². The summed E-state index contributed by atoms with van der Waals surface area (Å²) in [6, 6.07) is 0. The molecule has 4 aliphatic rings. The van der Waals surface area contributed by atoms with Gasteiger partial charge in [-0.3, -0.25) is 14.8 Å². The van der Waals surface area contributed by atoms with Gasteiger partial charge in [-0.25, -0.2) is 4.89 Å². The van der Waals surface area contributed by atoms with Crippen LogP contribution in [0.3, 0.4) is 0 Å². The molecule has 4 nitrogen and oxygen atoms in total. The zero-order chi connectivity index (χ0) is 24.2. The van der Waals surface area contributed by atoms with Crippen molar-refractivity contribution in [3.63, 3.8) is 0 Å². The second kappa shape index (κ2) is 8.75. The molecule has 0 amide bonds. The van der Waals surface area contributed by atoms with E-state index < -0.39 is 5.60 Å². The fraction of sp³-hybridized carbons (Fsp3) is 0.793. The Labute approximate surface area is 200 Å². The molecular weight excluding hydrogens is 412 g/mol. The summed E-state index contributed by atoms with van der Waals surface area (Å²) in [4.78, 5) is 30.3. The maximum atomic E-state index is 13.2. The Balaban J connectivity index is 1.52. The third kappa shape index (κ3) is 3.80. The summed E-state index contributed by atoms with van der Waals surface area (Å²) in [7, 11) is 0. The van der Waals surface area contributed by atoms with Crippen LogP contribution < -0.4 is 0 Å². The summed E-state index contributed by atoms with van der Waals surface area (Å²) >= 11 is 0. The summed E-state index contributed by atoms with van der Waals surface area (Å²) in [6.45, 7) is 15.2. The Morgan fingerprint density at radius 1 is 1.18 bits per heavy atom. The van der Waals surface area contributed by atoms with Gasteiger partial charge in [-0.15, -0.1) is 6.58 Å². The molecule has 0 spiro atoms. The number of allylic oxidation sites excluding steroid dienone is 1. The standard InChI is InChI=1S/C29H44O4/c1-7-29(33-32,18(2)3)15-10-19(4)22-8-9-23-21-17-26(31)25-16-20(30)11-13-28(25,6)24(21)12-14-27(22,23)5/h7,16,18-19,21-24,32H,1,8-15,17H2,2-6H3. The minimum Gasteiger partial charge on any atom is -0.295 e. The van der Waals surface area contributed by atoms with Crippen LogP contribution in [-0.2, 0) is 14.5 Å². The molecule has 0 radical (unpaired) electrons. The highest BCUT2D eigenvalue weighted by atomic mass is 17.1. The van der Waals surface area contributed by atoms with Crippen molar-refractivity contribution in [2.45, 2.75) is 98.0 Å². The molecular formula is C29H44O4. The van der Waals surface area contributed by atoms with E-state index in [-0.39, 0.29) is 28.3 Å². The summed E-state index contributed by atoms with van der Waals surface area (Å²) in [5, 5.41) is 9.62. The molecule has 0 aromatic heterocycles. The van der Waals surface area contributed by atoms with Crippen molar-refractivity contribution in [1.82, 2.24) is 0 Å². The SMILES string of the molecule is C=CC(CCC(C)C1CCC2C3CC(=O)C4=CC(=O)CCC4(C)C3CCC12C)(OO)C(C)C. The fourth-order valence-electron chi connectivity index (χ4n) is 8.83. The molecule has 33 heavy (non-hydrogen) atoms. The van der Waals surface area contributed by atoms with Gasteiger partial charge in [0.15, 0.2) is 11.6 Å². The molecule has 4 aliphatic carbocycles. The third-order valence-electron chi connectivity index (χ3n) is 11.0. The Bertz CT molecular complexity index is 843. The lowest BCUT2D eigenvalue weighted by Gasteiger charge is -2.58. The number of hydrogen-bond acceptors (Lipinski definition) is 4. The molecule has 8 unspecified atom stereocenters. The molecule has 1 N–H and O–H groups in total. The van der Waals surface area contributed by atoms with Gasteiger partial charge >= 0.3 is 0 Å². The molecule has 184 valence electrons. The minimum atomic E-state index is -0.684. The lowest BCUT2D eigenvalue weighted by atomic mass is 9.46. The predicted molar refractivity (Wildman–Crippen MR) is 130 cm³/mol. The average Bonchev–Trinajstić information content (AvgIpc) is 3.13. The van der Waals surface area contributed by atoms with Crippen molar-refractivity contribution >= 4 is 11.6 Å². The molecule has 4 rings (SSSR count). The lowest BCUT2D eigenvalue weighted by molar-refractivity contribution is -0.321. The van der Waals surface area contributed by atoms with Crippen LogP contribution in [0, 0.1) is 46.3 Å². The van der Waals surface area contributed by atoms with E-state index in [0.717, 1.165) is 24.8 Å². The van der Waals surface area contributed by atoms with Gasteiger partial charge in [-0.2, -0.15) is 0 Å². The van der Waals surface area contributed by atoms with Gasteiger partial charge in [0.05, 0.1) is 0 Å². The number of carbonyl (C=O) groups is 2.